The highest BCUT2D eigenvalue weighted by molar-refractivity contribution is 5.30. The smallest absolute Gasteiger partial charge is 0.144 e. The van der Waals surface area contributed by atoms with Crippen molar-refractivity contribution in [3.05, 3.63) is 18.1 Å². The van der Waals surface area contributed by atoms with Gasteiger partial charge in [0.2, 0.25) is 0 Å². The molecule has 1 aromatic heterocycles. The Kier molecular flexibility index (Phi) is 6.60. The third-order valence-corrected chi connectivity index (χ3v) is 2.62. The van der Waals surface area contributed by atoms with E-state index in [0.29, 0.717) is 0 Å². The molecule has 1 heterocycles. The molecule has 0 spiro atoms. The molecule has 0 aliphatic carbocycles. The summed E-state index contributed by atoms with van der Waals surface area (Å²) in [7, 11) is 2.02. The molecule has 1 rings (SSSR count). The molecular weight excluding hydrogens is 228 g/mol. The summed E-state index contributed by atoms with van der Waals surface area (Å²) in [5.74, 6) is 0.826. The molecule has 1 atom stereocenters. The summed E-state index contributed by atoms with van der Waals surface area (Å²) in [6.07, 6.45) is 5.18. The number of anilines is 1. The first kappa shape index (κ1) is 14.9. The van der Waals surface area contributed by atoms with Crippen LogP contribution in [0, 0.1) is 0 Å². The zero-order chi connectivity index (χ0) is 13.4. The van der Waals surface area contributed by atoms with Crippen molar-refractivity contribution in [1.29, 1.82) is 0 Å². The quantitative estimate of drug-likeness (QED) is 0.734. The first-order chi connectivity index (χ1) is 8.61. The second kappa shape index (κ2) is 8.00. The van der Waals surface area contributed by atoms with Crippen LogP contribution in [-0.4, -0.2) is 46.2 Å². The van der Waals surface area contributed by atoms with E-state index < -0.39 is 0 Å². The highest BCUT2D eigenvalue weighted by Gasteiger charge is 2.04. The summed E-state index contributed by atoms with van der Waals surface area (Å²) in [6, 6.07) is 0. The number of nitrogens with zero attached hydrogens (tertiary/aromatic N) is 3. The van der Waals surface area contributed by atoms with E-state index in [0.717, 1.165) is 44.0 Å². The van der Waals surface area contributed by atoms with Gasteiger partial charge in [0.25, 0.3) is 0 Å². The van der Waals surface area contributed by atoms with Gasteiger partial charge in [-0.2, -0.15) is 0 Å². The van der Waals surface area contributed by atoms with E-state index in [1.165, 1.54) is 0 Å². The predicted molar refractivity (Wildman–Crippen MR) is 73.4 cm³/mol. The van der Waals surface area contributed by atoms with E-state index >= 15 is 0 Å². The maximum Gasteiger partial charge on any atom is 0.144 e. The molecule has 5 heteroatoms. The fourth-order valence-electron chi connectivity index (χ4n) is 1.54. The summed E-state index contributed by atoms with van der Waals surface area (Å²) < 4.78 is 0. The highest BCUT2D eigenvalue weighted by atomic mass is 16.3. The van der Waals surface area contributed by atoms with Crippen LogP contribution in [0.5, 0.6) is 0 Å². The maximum atomic E-state index is 9.22. The topological polar surface area (TPSA) is 61.3 Å². The largest absolute Gasteiger partial charge is 0.393 e. The summed E-state index contributed by atoms with van der Waals surface area (Å²) in [5.41, 5.74) is 0.949. The maximum absolute atomic E-state index is 9.22. The zero-order valence-corrected chi connectivity index (χ0v) is 11.6. The molecule has 0 aliphatic heterocycles. The minimum atomic E-state index is -0.251. The first-order valence-corrected chi connectivity index (χ1v) is 6.53. The van der Waals surface area contributed by atoms with E-state index in [4.69, 9.17) is 0 Å². The van der Waals surface area contributed by atoms with Crippen molar-refractivity contribution < 1.29 is 5.11 Å². The average Bonchev–Trinajstić information content (AvgIpc) is 2.35. The molecule has 102 valence electrons. The van der Waals surface area contributed by atoms with Crippen LogP contribution < -0.4 is 5.32 Å². The van der Waals surface area contributed by atoms with Crippen LogP contribution in [0.2, 0.25) is 0 Å². The predicted octanol–water partition coefficient (Wildman–Crippen LogP) is 1.50. The highest BCUT2D eigenvalue weighted by Crippen LogP contribution is 2.04. The molecule has 1 unspecified atom stereocenters. The summed E-state index contributed by atoms with van der Waals surface area (Å²) >= 11 is 0. The lowest BCUT2D eigenvalue weighted by atomic mass is 10.2. The van der Waals surface area contributed by atoms with Gasteiger partial charge in [-0.15, -0.1) is 0 Å². The van der Waals surface area contributed by atoms with Crippen LogP contribution in [0.25, 0.3) is 0 Å². The Morgan fingerprint density at radius 2 is 2.17 bits per heavy atom. The minimum absolute atomic E-state index is 0.251. The lowest BCUT2D eigenvalue weighted by Crippen LogP contribution is -2.22. The van der Waals surface area contributed by atoms with Gasteiger partial charge in [-0.05, 0) is 26.8 Å². The van der Waals surface area contributed by atoms with Crippen molar-refractivity contribution in [2.75, 3.05) is 25.5 Å². The lowest BCUT2D eigenvalue weighted by Gasteiger charge is -2.16. The van der Waals surface area contributed by atoms with Gasteiger partial charge < -0.3 is 15.3 Å². The first-order valence-electron chi connectivity index (χ1n) is 6.53. The molecule has 0 bridgehead atoms. The van der Waals surface area contributed by atoms with Crippen LogP contribution in [0.1, 0.15) is 32.4 Å². The Morgan fingerprint density at radius 3 is 2.72 bits per heavy atom. The Morgan fingerprint density at radius 1 is 1.39 bits per heavy atom. The second-order valence-corrected chi connectivity index (χ2v) is 4.70. The van der Waals surface area contributed by atoms with Crippen molar-refractivity contribution in [2.24, 2.45) is 0 Å². The molecule has 0 amide bonds. The van der Waals surface area contributed by atoms with Gasteiger partial charge in [0.15, 0.2) is 0 Å². The number of hydrogen-bond donors (Lipinski definition) is 2. The van der Waals surface area contributed by atoms with Gasteiger partial charge in [0.05, 0.1) is 24.2 Å². The van der Waals surface area contributed by atoms with Gasteiger partial charge in [0, 0.05) is 19.6 Å². The molecule has 0 fully saturated rings. The standard InChI is InChI=1S/C13H24N4O/c1-4-6-14-13-9-15-12(8-16-13)10-17(3)7-5-11(2)18/h8-9,11,18H,4-7,10H2,1-3H3,(H,14,16). The number of rotatable bonds is 8. The average molecular weight is 252 g/mol. The van der Waals surface area contributed by atoms with Crippen molar-refractivity contribution in [1.82, 2.24) is 14.9 Å². The normalized spacial score (nSPS) is 12.7. The Hall–Kier alpha value is -1.20. The number of aromatic nitrogens is 2. The van der Waals surface area contributed by atoms with Gasteiger partial charge in [-0.3, -0.25) is 4.98 Å². The molecule has 0 saturated heterocycles. The van der Waals surface area contributed by atoms with Crippen molar-refractivity contribution in [3.8, 4) is 0 Å². The SMILES string of the molecule is CCCNc1cnc(CN(C)CCC(C)O)cn1. The Balaban J connectivity index is 2.38. The van der Waals surface area contributed by atoms with Crippen LogP contribution in [0.3, 0.4) is 0 Å². The molecule has 5 nitrogen and oxygen atoms in total. The molecule has 0 aliphatic rings. The fraction of sp³-hybridized carbons (Fsp3) is 0.692. The zero-order valence-electron chi connectivity index (χ0n) is 11.6. The molecule has 1 aromatic rings. The van der Waals surface area contributed by atoms with Gasteiger partial charge in [-0.1, -0.05) is 6.92 Å². The third-order valence-electron chi connectivity index (χ3n) is 2.62. The number of nitrogens with one attached hydrogen (secondary N) is 1. The van der Waals surface area contributed by atoms with E-state index in [2.05, 4.69) is 27.1 Å². The summed E-state index contributed by atoms with van der Waals surface area (Å²) in [4.78, 5) is 10.8. The number of hydrogen-bond acceptors (Lipinski definition) is 5. The third kappa shape index (κ3) is 5.93. The van der Waals surface area contributed by atoms with Crippen molar-refractivity contribution in [3.63, 3.8) is 0 Å². The van der Waals surface area contributed by atoms with Gasteiger partial charge >= 0.3 is 0 Å². The molecule has 0 saturated carbocycles. The Labute approximate surface area is 109 Å². The van der Waals surface area contributed by atoms with Crippen LogP contribution in [-0.2, 0) is 6.54 Å². The van der Waals surface area contributed by atoms with E-state index in [-0.39, 0.29) is 6.10 Å². The van der Waals surface area contributed by atoms with Crippen LogP contribution in [0.15, 0.2) is 12.4 Å². The molecule has 18 heavy (non-hydrogen) atoms. The Bertz CT molecular complexity index is 326. The number of aliphatic hydroxyl groups is 1. The minimum Gasteiger partial charge on any atom is -0.393 e. The summed E-state index contributed by atoms with van der Waals surface area (Å²) in [5, 5.41) is 12.4. The van der Waals surface area contributed by atoms with Crippen LogP contribution in [0.4, 0.5) is 5.82 Å². The van der Waals surface area contributed by atoms with Crippen molar-refractivity contribution in [2.45, 2.75) is 39.3 Å². The molecule has 0 radical (unpaired) electrons. The monoisotopic (exact) mass is 252 g/mol. The van der Waals surface area contributed by atoms with E-state index in [1.54, 1.807) is 12.4 Å². The molecular formula is C13H24N4O. The fourth-order valence-corrected chi connectivity index (χ4v) is 1.54. The van der Waals surface area contributed by atoms with Crippen molar-refractivity contribution >= 4 is 5.82 Å². The van der Waals surface area contributed by atoms with Crippen LogP contribution >= 0.6 is 0 Å². The molecule has 2 N–H and O–H groups in total. The van der Waals surface area contributed by atoms with E-state index in [9.17, 15) is 5.11 Å². The van der Waals surface area contributed by atoms with Gasteiger partial charge in [0.1, 0.15) is 5.82 Å². The molecule has 0 aromatic carbocycles. The number of aliphatic hydroxyl groups excluding tert-OH is 1. The summed E-state index contributed by atoms with van der Waals surface area (Å²) in [6.45, 7) is 6.46. The lowest BCUT2D eigenvalue weighted by molar-refractivity contribution is 0.162. The van der Waals surface area contributed by atoms with E-state index in [1.807, 2.05) is 14.0 Å². The van der Waals surface area contributed by atoms with Gasteiger partial charge in [-0.25, -0.2) is 4.98 Å². The second-order valence-electron chi connectivity index (χ2n) is 4.70.